The number of nitrogen functional groups attached to an aromatic ring is 1. The first-order valence-corrected chi connectivity index (χ1v) is 43.3. The van der Waals surface area contributed by atoms with E-state index in [1.807, 2.05) is 0 Å². The number of esters is 6. The fraction of sp³-hybridized carbons (Fsp3) is 0.150. The number of anilines is 3. The van der Waals surface area contributed by atoms with Gasteiger partial charge in [0.25, 0.3) is 29.4 Å². The van der Waals surface area contributed by atoms with Crippen LogP contribution in [0.3, 0.4) is 0 Å². The van der Waals surface area contributed by atoms with E-state index in [9.17, 15) is 72.7 Å². The average Bonchev–Trinajstić information content (AvgIpc) is 1.63. The van der Waals surface area contributed by atoms with E-state index in [0.29, 0.717) is 9.80 Å². The Bertz CT molecular complexity index is 7250. The zero-order valence-corrected chi connectivity index (χ0v) is 78.5. The normalized spacial score (nSPS) is 18.4. The largest absolute Gasteiger partial charge is 1.00 e. The van der Waals surface area contributed by atoms with Gasteiger partial charge in [-0.25, -0.2) is 53.5 Å². The third-order valence-electron chi connectivity index (χ3n) is 22.4. The number of rotatable bonds is 25. The van der Waals surface area contributed by atoms with Crippen molar-refractivity contribution in [3.05, 3.63) is 400 Å². The van der Waals surface area contributed by atoms with Crippen molar-refractivity contribution >= 4 is 116 Å². The molecule has 5 N–H and O–H groups in total. The van der Waals surface area contributed by atoms with Gasteiger partial charge in [-0.1, -0.05) is 182 Å². The first-order chi connectivity index (χ1) is 69.0. The fourth-order valence-electron chi connectivity index (χ4n) is 15.5. The van der Waals surface area contributed by atoms with Gasteiger partial charge in [0.1, 0.15) is 50.1 Å². The minimum absolute atomic E-state index is 0. The van der Waals surface area contributed by atoms with Crippen molar-refractivity contribution in [3.8, 4) is 0 Å². The molecule has 10 aromatic carbocycles. The van der Waals surface area contributed by atoms with Crippen LogP contribution in [0.1, 0.15) is 122 Å². The van der Waals surface area contributed by atoms with Crippen LogP contribution in [0.4, 0.5) is 36.9 Å². The molecule has 6 aromatic heterocycles. The summed E-state index contributed by atoms with van der Waals surface area (Å²) in [6, 6.07) is 79.3. The van der Waals surface area contributed by atoms with Crippen molar-refractivity contribution in [2.75, 3.05) is 35.4 Å². The maximum atomic E-state index is 15.8. The molecule has 12 atom stereocenters. The number of halogens is 4. The zero-order valence-electron chi connectivity index (χ0n) is 75.4. The number of imidazole rings is 3. The number of nitrogens with two attached hydrogens (primary N) is 1. The number of aromatic nitrogens is 12. The van der Waals surface area contributed by atoms with Crippen LogP contribution in [0.15, 0.2) is 322 Å². The Labute approximate surface area is 858 Å². The number of hydrogen-bond acceptors (Lipinski definition) is 34. The van der Waals surface area contributed by atoms with Gasteiger partial charge in [-0.15, -0.1) is 0 Å². The smallest absolute Gasteiger partial charge is 1.00 e. The molecule has 3 saturated heterocycles. The topological polar surface area (TPSA) is 521 Å². The van der Waals surface area contributed by atoms with Gasteiger partial charge >= 0.3 is 105 Å². The fourth-order valence-corrected chi connectivity index (χ4v) is 15.5. The van der Waals surface area contributed by atoms with Gasteiger partial charge in [0.15, 0.2) is 82.6 Å². The van der Waals surface area contributed by atoms with E-state index in [2.05, 4.69) is 44.9 Å². The van der Waals surface area contributed by atoms with Gasteiger partial charge in [-0.05, 0) is 136 Å². The number of carbonyl (C=O) groups excluding carboxylic acids is 10. The van der Waals surface area contributed by atoms with Crippen LogP contribution in [0.5, 0.6) is 0 Å². The molecule has 0 bridgehead atoms. The molecule has 0 unspecified atom stereocenters. The molecule has 16 aromatic rings. The molecule has 45 heteroatoms. The Balaban J connectivity index is 0.000000189. The van der Waals surface area contributed by atoms with E-state index >= 15 is 4.39 Å². The molecular weight excluding hydrogens is 1920 g/mol. The van der Waals surface area contributed by atoms with Crippen LogP contribution < -0.4 is 71.6 Å². The molecule has 730 valence electrons. The van der Waals surface area contributed by atoms with Crippen molar-refractivity contribution in [3.63, 3.8) is 0 Å². The van der Waals surface area contributed by atoms with Gasteiger partial charge in [0, 0.05) is 22.3 Å². The minimum atomic E-state index is -1.57. The minimum Gasteiger partial charge on any atom is -1.00 e. The van der Waals surface area contributed by atoms with E-state index in [1.54, 1.807) is 194 Å². The first kappa shape index (κ1) is 104. The molecule has 0 radical (unpaired) electrons. The van der Waals surface area contributed by atoms with Crippen LogP contribution in [-0.2, 0) is 42.6 Å². The van der Waals surface area contributed by atoms with E-state index in [1.165, 1.54) is 131 Å². The first-order valence-electron chi connectivity index (χ1n) is 43.3. The molecule has 40 nitrogen and oxygen atoms in total. The summed E-state index contributed by atoms with van der Waals surface area (Å²) in [5.74, 6) is -10.5. The second-order valence-corrected chi connectivity index (χ2v) is 31.4. The van der Waals surface area contributed by atoms with E-state index in [-0.39, 0.29) is 156 Å². The summed E-state index contributed by atoms with van der Waals surface area (Å²) >= 11 is 0. The molecule has 3 aliphatic rings. The summed E-state index contributed by atoms with van der Waals surface area (Å²) in [4.78, 5) is 187. The van der Waals surface area contributed by atoms with Crippen molar-refractivity contribution in [2.24, 2.45) is 0 Å². The summed E-state index contributed by atoms with van der Waals surface area (Å²) in [6.07, 6.45) is -15.1. The average molecular weight is 2000 g/mol. The third-order valence-corrected chi connectivity index (χ3v) is 22.4. The molecule has 19 rings (SSSR count). The summed E-state index contributed by atoms with van der Waals surface area (Å²) < 4.78 is 86.3. The number of amides is 4. The molecule has 9 heterocycles. The van der Waals surface area contributed by atoms with E-state index in [4.69, 9.17) is 53.5 Å². The van der Waals surface area contributed by atoms with Gasteiger partial charge in [0.2, 0.25) is 5.65 Å². The maximum absolute atomic E-state index is 15.8. The second kappa shape index (κ2) is 47.2. The number of benzene rings is 10. The second-order valence-electron chi connectivity index (χ2n) is 31.4. The Kier molecular flexibility index (Phi) is 33.9. The number of carbonyl (C=O) groups is 10. The SMILES string of the molecule is F.Nc1nc([18F])nc2c1ncn2[C@@H]1O[C@H](CO)[C@@H](O)[C@@H]1O.O=C(OC[C@H]1O[C@@H](n2cnc3c(N(C(=O)c4ccccc4)C(=O)c4ccccc4)nc([18F])nc32)[C@@H](OC(=O)c2ccccc2)[C@@H]1OC(=O)c1ccccc1)c1ccccc1.O=C(OC[C@H]1O[C@@H](n2cnc3c(N(C(=O)c4ccccc4)C(=O)c4ccccc4)nc([N+](=O)[O-])nc32)[C@@H](OC(=O)c2ccccc2)[C@@H]1OC(=O)c1ccccc1)c1ccccc1.[18F-].[K+]. The molecular formula is C100H77F4KN16O24. The molecule has 3 fully saturated rings. The van der Waals surface area contributed by atoms with Gasteiger partial charge in [0.05, 0.1) is 52.6 Å². The van der Waals surface area contributed by atoms with Gasteiger partial charge in [-0.2, -0.15) is 28.7 Å². The van der Waals surface area contributed by atoms with Gasteiger partial charge < -0.3 is 78.5 Å². The van der Waals surface area contributed by atoms with Crippen LogP contribution in [-0.4, -0.2) is 213 Å². The number of nitro groups is 1. The van der Waals surface area contributed by atoms with Crippen LogP contribution >= 0.6 is 0 Å². The molecule has 4 amide bonds. The molecule has 0 saturated carbocycles. The van der Waals surface area contributed by atoms with E-state index < -0.39 is 188 Å². The summed E-state index contributed by atoms with van der Waals surface area (Å²) in [7, 11) is 0. The summed E-state index contributed by atoms with van der Waals surface area (Å²) in [6.45, 7) is -1.50. The zero-order chi connectivity index (χ0) is 99.2. The number of aliphatic hydroxyl groups excluding tert-OH is 3. The molecule has 0 aliphatic carbocycles. The van der Waals surface area contributed by atoms with Crippen molar-refractivity contribution in [2.45, 2.75) is 73.6 Å². The molecule has 3 aliphatic heterocycles. The third kappa shape index (κ3) is 23.1. The van der Waals surface area contributed by atoms with Crippen LogP contribution in [0, 0.1) is 22.3 Å². The number of hydrogen-bond donors (Lipinski definition) is 4. The molecule has 0 spiro atoms. The number of nitrogens with zero attached hydrogens (tertiary/aromatic N) is 15. The summed E-state index contributed by atoms with van der Waals surface area (Å²) in [5, 5.41) is 41.2. The van der Waals surface area contributed by atoms with Crippen LogP contribution in [0.2, 0.25) is 0 Å². The quantitative estimate of drug-likeness (QED) is 0.00812. The summed E-state index contributed by atoms with van der Waals surface area (Å²) in [5.41, 5.74) is 5.90. The van der Waals surface area contributed by atoms with Gasteiger partial charge in [-0.3, -0.25) is 37.6 Å². The van der Waals surface area contributed by atoms with Crippen molar-refractivity contribution in [1.82, 2.24) is 58.6 Å². The monoisotopic (exact) mass is 2000 g/mol. The van der Waals surface area contributed by atoms with E-state index in [0.717, 1.165) is 10.9 Å². The number of fused-ring (bicyclic) bond motifs is 3. The molecule has 145 heavy (non-hydrogen) atoms. The number of ether oxygens (including phenoxy) is 9. The number of imide groups is 2. The standard InChI is InChI=1S/C45H32FN5O9.C45H32N6O11.C10H12FN5O4.2FH.K/c46-45-48-37-34(38(49-45)51(39(52)28-16-6-1-7-17-28)40(53)29-18-8-2-9-19-29)47-27-50(37)41-36(60-44(56)32-24-14-5-15-25-32)35(59-43(55)31-22-12-4-13-23-31)33(58-41)26-57-42(54)30-20-10-3-11-21-30;52-39(28-16-6-1-7-17-28)50(40(53)29-18-8-2-9-19-29)38-34-37(47-45(48-38)51(57)58)49(27-46-34)41-36(62-44(56)32-24-14-5-15-25-32)35(61-43(55)31-22-12-4-13-23-31)33(60-41)26-59-42(54)30-20-10-3-11-21-30;11-10-14-7(12)4-8(15-10)16(2-13-4)9-6(19)5(18)3(1-17)20-9;;;/h1-25,27,33,35-36,41H,26H2;1-25,27,33,35-36,41H,26H2;2-3,5-6,9,17-19H,1H2,(H2,12,14,15);2*1H;/q;;;;;+1/p-1/t2*33-,35-,36+,41-;3-,5-,6+,9-;;;/m111.../s1/i46-1;;11-1;1-1;;. The Morgan fingerprint density at radius 1 is 0.359 bits per heavy atom. The Hall–Kier alpha value is -16.7. The Morgan fingerprint density at radius 3 is 0.931 bits per heavy atom. The predicted molar refractivity (Wildman–Crippen MR) is 494 cm³/mol. The number of aliphatic hydroxyl groups is 3. The Morgan fingerprint density at radius 2 is 0.621 bits per heavy atom. The van der Waals surface area contributed by atoms with Crippen molar-refractivity contribution < 1.29 is 180 Å². The maximum Gasteiger partial charge on any atom is 1.00 e. The predicted octanol–water partition coefficient (Wildman–Crippen LogP) is 5.41. The van der Waals surface area contributed by atoms with Crippen molar-refractivity contribution in [1.29, 1.82) is 0 Å². The van der Waals surface area contributed by atoms with Crippen LogP contribution in [0.25, 0.3) is 33.5 Å².